The van der Waals surface area contributed by atoms with E-state index in [1.54, 1.807) is 26.4 Å². The van der Waals surface area contributed by atoms with Crippen LogP contribution in [-0.2, 0) is 6.42 Å². The van der Waals surface area contributed by atoms with E-state index in [4.69, 9.17) is 9.47 Å². The summed E-state index contributed by atoms with van der Waals surface area (Å²) in [6.07, 6.45) is 0.335. The number of hydrogen-bond donors (Lipinski definition) is 0. The quantitative estimate of drug-likeness (QED) is 0.778. The molecule has 0 saturated heterocycles. The van der Waals surface area contributed by atoms with Gasteiger partial charge in [0.05, 0.1) is 19.8 Å². The Kier molecular flexibility index (Phi) is 4.79. The standard InChI is InChI=1S/C16H15BrO3/c1-19-13-6-3-11(4-7-13)9-15(18)14-8-5-12(17)10-16(14)20-2/h3-8,10H,9H2,1-2H3. The van der Waals surface area contributed by atoms with Crippen molar-refractivity contribution in [3.63, 3.8) is 0 Å². The zero-order chi connectivity index (χ0) is 14.5. The van der Waals surface area contributed by atoms with Crippen LogP contribution in [0, 0.1) is 0 Å². The van der Waals surface area contributed by atoms with Gasteiger partial charge in [0.1, 0.15) is 11.5 Å². The Labute approximate surface area is 126 Å². The van der Waals surface area contributed by atoms with Crippen molar-refractivity contribution in [1.82, 2.24) is 0 Å². The van der Waals surface area contributed by atoms with E-state index in [-0.39, 0.29) is 5.78 Å². The fourth-order valence-corrected chi connectivity index (χ4v) is 2.26. The molecule has 2 rings (SSSR count). The second-order valence-electron chi connectivity index (χ2n) is 4.29. The number of Topliss-reactive ketones (excluding diaryl/α,β-unsaturated/α-hetero) is 1. The molecule has 2 aromatic rings. The van der Waals surface area contributed by atoms with Crippen molar-refractivity contribution in [1.29, 1.82) is 0 Å². The summed E-state index contributed by atoms with van der Waals surface area (Å²) >= 11 is 3.36. The molecule has 0 spiro atoms. The van der Waals surface area contributed by atoms with Gasteiger partial charge in [0, 0.05) is 10.9 Å². The van der Waals surface area contributed by atoms with Crippen LogP contribution >= 0.6 is 15.9 Å². The van der Waals surface area contributed by atoms with Crippen LogP contribution in [0.25, 0.3) is 0 Å². The predicted molar refractivity (Wildman–Crippen MR) is 81.7 cm³/mol. The number of halogens is 1. The van der Waals surface area contributed by atoms with Gasteiger partial charge in [-0.05, 0) is 35.9 Å². The van der Waals surface area contributed by atoms with Crippen LogP contribution in [0.5, 0.6) is 11.5 Å². The molecule has 0 aliphatic carbocycles. The molecule has 0 saturated carbocycles. The van der Waals surface area contributed by atoms with Crippen LogP contribution in [-0.4, -0.2) is 20.0 Å². The molecule has 0 unspecified atom stereocenters. The minimum atomic E-state index is 0.0273. The molecule has 0 bridgehead atoms. The summed E-state index contributed by atoms with van der Waals surface area (Å²) in [5.74, 6) is 1.39. The molecule has 0 amide bonds. The molecule has 0 radical (unpaired) electrons. The SMILES string of the molecule is COc1ccc(CC(=O)c2ccc(Br)cc2OC)cc1. The Morgan fingerprint density at radius 2 is 1.75 bits per heavy atom. The van der Waals surface area contributed by atoms with Gasteiger partial charge in [0.25, 0.3) is 0 Å². The smallest absolute Gasteiger partial charge is 0.170 e. The van der Waals surface area contributed by atoms with Crippen LogP contribution < -0.4 is 9.47 Å². The van der Waals surface area contributed by atoms with Crippen molar-refractivity contribution in [3.05, 3.63) is 58.1 Å². The van der Waals surface area contributed by atoms with E-state index in [9.17, 15) is 4.79 Å². The topological polar surface area (TPSA) is 35.5 Å². The van der Waals surface area contributed by atoms with Crippen molar-refractivity contribution < 1.29 is 14.3 Å². The third kappa shape index (κ3) is 3.39. The number of methoxy groups -OCH3 is 2. The van der Waals surface area contributed by atoms with E-state index in [1.165, 1.54) is 0 Å². The predicted octanol–water partition coefficient (Wildman–Crippen LogP) is 3.89. The number of ether oxygens (including phenoxy) is 2. The highest BCUT2D eigenvalue weighted by Gasteiger charge is 2.13. The second-order valence-corrected chi connectivity index (χ2v) is 5.21. The first-order chi connectivity index (χ1) is 9.63. The molecule has 3 nitrogen and oxygen atoms in total. The third-order valence-corrected chi connectivity index (χ3v) is 3.48. The lowest BCUT2D eigenvalue weighted by molar-refractivity contribution is 0.0990. The highest BCUT2D eigenvalue weighted by atomic mass is 79.9. The second kappa shape index (κ2) is 6.57. The summed E-state index contributed by atoms with van der Waals surface area (Å²) in [6, 6.07) is 12.9. The molecular weight excluding hydrogens is 320 g/mol. The minimum Gasteiger partial charge on any atom is -0.497 e. The number of rotatable bonds is 5. The van der Waals surface area contributed by atoms with Gasteiger partial charge in [-0.25, -0.2) is 0 Å². The van der Waals surface area contributed by atoms with Crippen LogP contribution in [0.15, 0.2) is 46.9 Å². The maximum Gasteiger partial charge on any atom is 0.170 e. The molecule has 0 aliphatic heterocycles. The maximum absolute atomic E-state index is 12.3. The number of carbonyl (C=O) groups is 1. The summed E-state index contributed by atoms with van der Waals surface area (Å²) in [7, 11) is 3.18. The van der Waals surface area contributed by atoms with Gasteiger partial charge in [-0.1, -0.05) is 28.1 Å². The van der Waals surface area contributed by atoms with Gasteiger partial charge in [-0.2, -0.15) is 0 Å². The van der Waals surface area contributed by atoms with E-state index < -0.39 is 0 Å². The molecule has 20 heavy (non-hydrogen) atoms. The van der Waals surface area contributed by atoms with E-state index in [0.717, 1.165) is 15.8 Å². The van der Waals surface area contributed by atoms with Gasteiger partial charge in [-0.15, -0.1) is 0 Å². The monoisotopic (exact) mass is 334 g/mol. The van der Waals surface area contributed by atoms with Crippen molar-refractivity contribution in [2.24, 2.45) is 0 Å². The Morgan fingerprint density at radius 1 is 1.05 bits per heavy atom. The van der Waals surface area contributed by atoms with E-state index >= 15 is 0 Å². The third-order valence-electron chi connectivity index (χ3n) is 2.99. The summed E-state index contributed by atoms with van der Waals surface area (Å²) in [5, 5.41) is 0. The molecule has 0 N–H and O–H groups in total. The van der Waals surface area contributed by atoms with Crippen molar-refractivity contribution in [3.8, 4) is 11.5 Å². The molecule has 0 fully saturated rings. The van der Waals surface area contributed by atoms with Crippen LogP contribution in [0.1, 0.15) is 15.9 Å². The summed E-state index contributed by atoms with van der Waals surface area (Å²) < 4.78 is 11.2. The molecule has 0 aliphatic rings. The van der Waals surface area contributed by atoms with E-state index in [2.05, 4.69) is 15.9 Å². The van der Waals surface area contributed by atoms with E-state index in [1.807, 2.05) is 30.3 Å². The Hall–Kier alpha value is -1.81. The first-order valence-corrected chi connectivity index (χ1v) is 6.93. The van der Waals surface area contributed by atoms with Crippen LogP contribution in [0.3, 0.4) is 0 Å². The van der Waals surface area contributed by atoms with Crippen LogP contribution in [0.2, 0.25) is 0 Å². The largest absolute Gasteiger partial charge is 0.497 e. The Balaban J connectivity index is 2.19. The lowest BCUT2D eigenvalue weighted by Gasteiger charge is -2.08. The number of benzene rings is 2. The van der Waals surface area contributed by atoms with Crippen molar-refractivity contribution in [2.75, 3.05) is 14.2 Å². The molecule has 104 valence electrons. The normalized spacial score (nSPS) is 10.2. The molecule has 4 heteroatoms. The van der Waals surface area contributed by atoms with Gasteiger partial charge in [0.2, 0.25) is 0 Å². The Bertz CT molecular complexity index is 606. The lowest BCUT2D eigenvalue weighted by Crippen LogP contribution is -2.05. The van der Waals surface area contributed by atoms with Gasteiger partial charge >= 0.3 is 0 Å². The maximum atomic E-state index is 12.3. The summed E-state index contributed by atoms with van der Waals surface area (Å²) in [4.78, 5) is 12.3. The number of hydrogen-bond acceptors (Lipinski definition) is 3. The average molecular weight is 335 g/mol. The molecule has 0 aromatic heterocycles. The molecule has 2 aromatic carbocycles. The molecule has 0 heterocycles. The highest BCUT2D eigenvalue weighted by Crippen LogP contribution is 2.25. The summed E-state index contributed by atoms with van der Waals surface area (Å²) in [6.45, 7) is 0. The Morgan fingerprint density at radius 3 is 2.35 bits per heavy atom. The van der Waals surface area contributed by atoms with Gasteiger partial charge < -0.3 is 9.47 Å². The molecular formula is C16H15BrO3. The summed E-state index contributed by atoms with van der Waals surface area (Å²) in [5.41, 5.74) is 1.53. The minimum absolute atomic E-state index is 0.0273. The van der Waals surface area contributed by atoms with Crippen molar-refractivity contribution >= 4 is 21.7 Å². The average Bonchev–Trinajstić information content (AvgIpc) is 2.47. The van der Waals surface area contributed by atoms with E-state index in [0.29, 0.717) is 17.7 Å². The van der Waals surface area contributed by atoms with Gasteiger partial charge in [0.15, 0.2) is 5.78 Å². The number of carbonyl (C=O) groups excluding carboxylic acids is 1. The fraction of sp³-hybridized carbons (Fsp3) is 0.188. The zero-order valence-corrected chi connectivity index (χ0v) is 12.9. The first-order valence-electron chi connectivity index (χ1n) is 6.13. The highest BCUT2D eigenvalue weighted by molar-refractivity contribution is 9.10. The molecule has 0 atom stereocenters. The lowest BCUT2D eigenvalue weighted by atomic mass is 10.0. The number of ketones is 1. The fourth-order valence-electron chi connectivity index (χ4n) is 1.92. The zero-order valence-electron chi connectivity index (χ0n) is 11.4. The first kappa shape index (κ1) is 14.6. The van der Waals surface area contributed by atoms with Gasteiger partial charge in [-0.3, -0.25) is 4.79 Å². The van der Waals surface area contributed by atoms with Crippen LogP contribution in [0.4, 0.5) is 0 Å². The van der Waals surface area contributed by atoms with Crippen molar-refractivity contribution in [2.45, 2.75) is 6.42 Å².